The van der Waals surface area contributed by atoms with E-state index >= 15 is 0 Å². The molecule has 1 aromatic rings. The van der Waals surface area contributed by atoms with E-state index in [1.807, 2.05) is 6.07 Å². The summed E-state index contributed by atoms with van der Waals surface area (Å²) >= 11 is 1.81. The molecule has 20 heavy (non-hydrogen) atoms. The molecule has 0 fully saturated rings. The Balaban J connectivity index is 2.44. The number of hydrogen-bond donors (Lipinski definition) is 2. The van der Waals surface area contributed by atoms with E-state index in [2.05, 4.69) is 40.9 Å². The smallest absolute Gasteiger partial charge is 0.191 e. The quantitative estimate of drug-likeness (QED) is 0.439. The van der Waals surface area contributed by atoms with E-state index in [1.165, 1.54) is 0 Å². The zero-order valence-electron chi connectivity index (χ0n) is 12.9. The van der Waals surface area contributed by atoms with Gasteiger partial charge < -0.3 is 15.2 Å². The van der Waals surface area contributed by atoms with Gasteiger partial charge in [-0.3, -0.25) is 4.99 Å². The number of aliphatic imine (C=N–C) groups is 1. The summed E-state index contributed by atoms with van der Waals surface area (Å²) in [5, 5.41) is 10.6. The Bertz CT molecular complexity index is 402. The molecule has 0 spiro atoms. The monoisotopic (exact) mass is 298 g/mol. The molecule has 0 aliphatic heterocycles. The number of thioether (sulfide) groups is 1. The van der Waals surface area contributed by atoms with E-state index in [1.54, 1.807) is 18.8 Å². The van der Waals surface area contributed by atoms with Crippen LogP contribution < -0.4 is 10.6 Å². The van der Waals surface area contributed by atoms with Gasteiger partial charge >= 0.3 is 0 Å². The first-order valence-corrected chi connectivity index (χ1v) is 8.53. The van der Waals surface area contributed by atoms with Gasteiger partial charge in [-0.1, -0.05) is 19.0 Å². The highest BCUT2D eigenvalue weighted by molar-refractivity contribution is 7.98. The number of nitrogens with zero attached hydrogens (tertiary/aromatic N) is 2. The van der Waals surface area contributed by atoms with Crippen molar-refractivity contribution in [3.63, 3.8) is 0 Å². The summed E-state index contributed by atoms with van der Waals surface area (Å²) in [6, 6.07) is 2.04. The molecule has 5 nitrogen and oxygen atoms in total. The molecule has 0 radical (unpaired) electrons. The molecular formula is C14H26N4OS. The van der Waals surface area contributed by atoms with Crippen LogP contribution in [0.5, 0.6) is 0 Å². The van der Waals surface area contributed by atoms with Gasteiger partial charge in [0.2, 0.25) is 0 Å². The summed E-state index contributed by atoms with van der Waals surface area (Å²) in [5.41, 5.74) is 1.05. The van der Waals surface area contributed by atoms with Gasteiger partial charge in [0.05, 0.1) is 12.2 Å². The molecule has 0 aliphatic carbocycles. The second-order valence-corrected chi connectivity index (χ2v) is 5.56. The van der Waals surface area contributed by atoms with Crippen molar-refractivity contribution in [3.05, 3.63) is 17.5 Å². The van der Waals surface area contributed by atoms with Gasteiger partial charge in [-0.2, -0.15) is 11.8 Å². The van der Waals surface area contributed by atoms with Gasteiger partial charge in [-0.15, -0.1) is 0 Å². The van der Waals surface area contributed by atoms with E-state index < -0.39 is 0 Å². The summed E-state index contributed by atoms with van der Waals surface area (Å²) in [7, 11) is 1.77. The molecule has 0 atom stereocenters. The molecule has 0 unspecified atom stereocenters. The van der Waals surface area contributed by atoms with Crippen molar-refractivity contribution >= 4 is 17.7 Å². The van der Waals surface area contributed by atoms with Gasteiger partial charge in [0.15, 0.2) is 11.7 Å². The van der Waals surface area contributed by atoms with Crippen molar-refractivity contribution in [2.45, 2.75) is 39.2 Å². The van der Waals surface area contributed by atoms with Crippen LogP contribution in [0.4, 0.5) is 0 Å². The molecular weight excluding hydrogens is 272 g/mol. The van der Waals surface area contributed by atoms with E-state index in [-0.39, 0.29) is 0 Å². The number of guanidine groups is 1. The van der Waals surface area contributed by atoms with Crippen molar-refractivity contribution in [3.8, 4) is 0 Å². The van der Waals surface area contributed by atoms with Crippen LogP contribution in [0.15, 0.2) is 15.6 Å². The van der Waals surface area contributed by atoms with Gasteiger partial charge in [-0.25, -0.2) is 0 Å². The summed E-state index contributed by atoms with van der Waals surface area (Å²) in [6.07, 6.45) is 4.27. The minimum Gasteiger partial charge on any atom is -0.359 e. The van der Waals surface area contributed by atoms with Crippen LogP contribution in [0, 0.1) is 0 Å². The fraction of sp³-hybridized carbons (Fsp3) is 0.714. The molecule has 2 N–H and O–H groups in total. The highest BCUT2D eigenvalue weighted by Gasteiger charge is 2.12. The van der Waals surface area contributed by atoms with Crippen LogP contribution in [-0.4, -0.2) is 36.7 Å². The molecule has 1 aromatic heterocycles. The average molecular weight is 298 g/mol. The molecule has 0 amide bonds. The summed E-state index contributed by atoms with van der Waals surface area (Å²) in [6.45, 7) is 5.86. The van der Waals surface area contributed by atoms with Gasteiger partial charge in [0, 0.05) is 31.3 Å². The third kappa shape index (κ3) is 5.45. The SMILES string of the molecule is CCC(CC)c1cc(CNC(=NC)NCCSC)on1. The first-order valence-electron chi connectivity index (χ1n) is 7.14. The van der Waals surface area contributed by atoms with Crippen molar-refractivity contribution in [2.75, 3.05) is 25.6 Å². The third-order valence-corrected chi connectivity index (χ3v) is 3.85. The minimum atomic E-state index is 0.492. The molecule has 6 heteroatoms. The molecule has 0 aromatic carbocycles. The maximum Gasteiger partial charge on any atom is 0.191 e. The van der Waals surface area contributed by atoms with E-state index in [9.17, 15) is 0 Å². The van der Waals surface area contributed by atoms with Crippen LogP contribution in [0.25, 0.3) is 0 Å². The lowest BCUT2D eigenvalue weighted by atomic mass is 9.99. The fourth-order valence-corrected chi connectivity index (χ4v) is 2.28. The summed E-state index contributed by atoms with van der Waals surface area (Å²) < 4.78 is 5.37. The first-order chi connectivity index (χ1) is 9.74. The standard InChI is InChI=1S/C14H26N4OS/c1-5-11(6-2)13-9-12(19-18-13)10-17-14(15-3)16-7-8-20-4/h9,11H,5-8,10H2,1-4H3,(H2,15,16,17). The van der Waals surface area contributed by atoms with Crippen molar-refractivity contribution in [1.29, 1.82) is 0 Å². The molecule has 0 saturated carbocycles. The van der Waals surface area contributed by atoms with Gasteiger partial charge in [0.25, 0.3) is 0 Å². The maximum absolute atomic E-state index is 5.37. The largest absolute Gasteiger partial charge is 0.359 e. The van der Waals surface area contributed by atoms with E-state index in [0.29, 0.717) is 12.5 Å². The summed E-state index contributed by atoms with van der Waals surface area (Å²) in [4.78, 5) is 4.17. The average Bonchev–Trinajstić information content (AvgIpc) is 2.93. The van der Waals surface area contributed by atoms with Crippen molar-refractivity contribution in [1.82, 2.24) is 15.8 Å². The van der Waals surface area contributed by atoms with Gasteiger partial charge in [-0.05, 0) is 19.1 Å². The van der Waals surface area contributed by atoms with Crippen LogP contribution in [0.3, 0.4) is 0 Å². The lowest BCUT2D eigenvalue weighted by molar-refractivity contribution is 0.368. The van der Waals surface area contributed by atoms with E-state index in [4.69, 9.17) is 4.52 Å². The highest BCUT2D eigenvalue weighted by atomic mass is 32.2. The van der Waals surface area contributed by atoms with Crippen LogP contribution in [0.1, 0.15) is 44.1 Å². The Labute approximate surface area is 126 Å². The fourth-order valence-electron chi connectivity index (χ4n) is 1.97. The molecule has 0 saturated heterocycles. The van der Waals surface area contributed by atoms with Crippen LogP contribution >= 0.6 is 11.8 Å². The number of hydrogen-bond acceptors (Lipinski definition) is 4. The molecule has 0 bridgehead atoms. The topological polar surface area (TPSA) is 62.5 Å². The lowest BCUT2D eigenvalue weighted by Gasteiger charge is -2.09. The van der Waals surface area contributed by atoms with Gasteiger partial charge in [0.1, 0.15) is 0 Å². The molecule has 1 heterocycles. The van der Waals surface area contributed by atoms with Crippen molar-refractivity contribution in [2.24, 2.45) is 4.99 Å². The zero-order valence-corrected chi connectivity index (χ0v) is 13.7. The first kappa shape index (κ1) is 16.9. The Morgan fingerprint density at radius 3 is 2.75 bits per heavy atom. The highest BCUT2D eigenvalue weighted by Crippen LogP contribution is 2.22. The maximum atomic E-state index is 5.37. The van der Waals surface area contributed by atoms with Crippen LogP contribution in [-0.2, 0) is 6.54 Å². The van der Waals surface area contributed by atoms with Crippen molar-refractivity contribution < 1.29 is 4.52 Å². The normalized spacial score (nSPS) is 11.9. The third-order valence-electron chi connectivity index (χ3n) is 3.23. The molecule has 0 aliphatic rings. The van der Waals surface area contributed by atoms with Crippen LogP contribution in [0.2, 0.25) is 0 Å². The Hall–Kier alpha value is -1.17. The number of rotatable bonds is 8. The zero-order chi connectivity index (χ0) is 14.8. The second-order valence-electron chi connectivity index (χ2n) is 4.58. The molecule has 114 valence electrons. The Morgan fingerprint density at radius 1 is 1.40 bits per heavy atom. The summed E-state index contributed by atoms with van der Waals surface area (Å²) in [5.74, 6) is 3.19. The molecule has 1 rings (SSSR count). The predicted molar refractivity (Wildman–Crippen MR) is 86.4 cm³/mol. The number of nitrogens with one attached hydrogen (secondary N) is 2. The Kier molecular flexibility index (Phi) is 8.18. The predicted octanol–water partition coefficient (Wildman–Crippen LogP) is 2.61. The van der Waals surface area contributed by atoms with E-state index in [0.717, 1.165) is 42.6 Å². The lowest BCUT2D eigenvalue weighted by Crippen LogP contribution is -2.37. The minimum absolute atomic E-state index is 0.492. The Morgan fingerprint density at radius 2 is 2.15 bits per heavy atom. The second kappa shape index (κ2) is 9.69. The number of aromatic nitrogens is 1.